The molecular weight excluding hydrogens is 264 g/mol. The van der Waals surface area contributed by atoms with Gasteiger partial charge in [-0.15, -0.1) is 0 Å². The molecule has 0 heterocycles. The van der Waals surface area contributed by atoms with Crippen LogP contribution < -0.4 is 0 Å². The number of carbonyl (C=O) groups is 3. The first-order valence-electron chi connectivity index (χ1n) is 6.69. The third-order valence-corrected chi connectivity index (χ3v) is 3.24. The smallest absolute Gasteiger partial charge is 0.330 e. The van der Waals surface area contributed by atoms with Gasteiger partial charge in [-0.25, -0.2) is 4.79 Å². The molecule has 0 radical (unpaired) electrons. The SMILES string of the molecule is C=CC(=O)OC(C)CC(=O)OC1CCCCC1C(=O)O. The van der Waals surface area contributed by atoms with Crippen LogP contribution in [-0.2, 0) is 23.9 Å². The lowest BCUT2D eigenvalue weighted by Crippen LogP contribution is -2.35. The molecule has 3 atom stereocenters. The third-order valence-electron chi connectivity index (χ3n) is 3.24. The van der Waals surface area contributed by atoms with E-state index in [4.69, 9.17) is 14.6 Å². The van der Waals surface area contributed by atoms with E-state index in [1.165, 1.54) is 0 Å². The van der Waals surface area contributed by atoms with E-state index in [-0.39, 0.29) is 6.42 Å². The van der Waals surface area contributed by atoms with Crippen molar-refractivity contribution in [3.63, 3.8) is 0 Å². The zero-order valence-corrected chi connectivity index (χ0v) is 11.5. The number of carboxylic acid groups (broad SMARTS) is 1. The van der Waals surface area contributed by atoms with Crippen LogP contribution in [0.2, 0.25) is 0 Å². The Hall–Kier alpha value is -1.85. The van der Waals surface area contributed by atoms with Crippen LogP contribution in [0.3, 0.4) is 0 Å². The molecule has 1 aliphatic carbocycles. The van der Waals surface area contributed by atoms with Crippen LogP contribution in [0, 0.1) is 5.92 Å². The maximum atomic E-state index is 11.7. The molecule has 6 heteroatoms. The van der Waals surface area contributed by atoms with Gasteiger partial charge in [0.25, 0.3) is 0 Å². The summed E-state index contributed by atoms with van der Waals surface area (Å²) in [6, 6.07) is 0. The summed E-state index contributed by atoms with van der Waals surface area (Å²) >= 11 is 0. The zero-order chi connectivity index (χ0) is 15.1. The summed E-state index contributed by atoms with van der Waals surface area (Å²) in [7, 11) is 0. The normalized spacial score (nSPS) is 23.4. The molecule has 0 saturated heterocycles. The van der Waals surface area contributed by atoms with Crippen molar-refractivity contribution >= 4 is 17.9 Å². The molecule has 0 amide bonds. The largest absolute Gasteiger partial charge is 0.481 e. The molecule has 1 fully saturated rings. The van der Waals surface area contributed by atoms with Gasteiger partial charge in [-0.1, -0.05) is 13.0 Å². The van der Waals surface area contributed by atoms with Crippen molar-refractivity contribution in [3.8, 4) is 0 Å². The Balaban J connectivity index is 2.45. The zero-order valence-electron chi connectivity index (χ0n) is 11.5. The summed E-state index contributed by atoms with van der Waals surface area (Å²) < 4.78 is 10.1. The molecule has 0 bridgehead atoms. The fourth-order valence-electron chi connectivity index (χ4n) is 2.26. The number of rotatable bonds is 6. The van der Waals surface area contributed by atoms with Gasteiger partial charge in [0.1, 0.15) is 12.2 Å². The molecule has 112 valence electrons. The molecule has 0 aromatic heterocycles. The summed E-state index contributed by atoms with van der Waals surface area (Å²) in [5.74, 6) is -2.73. The maximum absolute atomic E-state index is 11.7. The second-order valence-corrected chi connectivity index (χ2v) is 4.91. The van der Waals surface area contributed by atoms with Gasteiger partial charge in [-0.2, -0.15) is 0 Å². The van der Waals surface area contributed by atoms with Gasteiger partial charge in [-0.05, 0) is 26.2 Å². The monoisotopic (exact) mass is 284 g/mol. The lowest BCUT2D eigenvalue weighted by atomic mass is 9.86. The van der Waals surface area contributed by atoms with E-state index in [1.54, 1.807) is 6.92 Å². The van der Waals surface area contributed by atoms with Crippen molar-refractivity contribution in [1.82, 2.24) is 0 Å². The molecule has 1 saturated carbocycles. The Morgan fingerprint density at radius 3 is 2.60 bits per heavy atom. The highest BCUT2D eigenvalue weighted by Crippen LogP contribution is 2.27. The first-order valence-corrected chi connectivity index (χ1v) is 6.69. The molecule has 0 aromatic carbocycles. The van der Waals surface area contributed by atoms with Crippen LogP contribution in [0.4, 0.5) is 0 Å². The highest BCUT2D eigenvalue weighted by Gasteiger charge is 2.33. The molecule has 3 unspecified atom stereocenters. The van der Waals surface area contributed by atoms with Crippen molar-refractivity contribution in [1.29, 1.82) is 0 Å². The molecule has 1 rings (SSSR count). The van der Waals surface area contributed by atoms with Gasteiger partial charge in [0, 0.05) is 6.08 Å². The first kappa shape index (κ1) is 16.2. The Kier molecular flexibility index (Phi) is 6.21. The maximum Gasteiger partial charge on any atom is 0.330 e. The summed E-state index contributed by atoms with van der Waals surface area (Å²) in [5.41, 5.74) is 0. The number of hydrogen-bond donors (Lipinski definition) is 1. The average molecular weight is 284 g/mol. The van der Waals surface area contributed by atoms with E-state index < -0.39 is 36.0 Å². The molecule has 0 spiro atoms. The molecule has 6 nitrogen and oxygen atoms in total. The van der Waals surface area contributed by atoms with Crippen molar-refractivity contribution in [2.75, 3.05) is 0 Å². The minimum atomic E-state index is -0.936. The summed E-state index contributed by atoms with van der Waals surface area (Å²) in [5, 5.41) is 9.08. The quantitative estimate of drug-likeness (QED) is 0.589. The summed E-state index contributed by atoms with van der Waals surface area (Å²) in [4.78, 5) is 33.8. The Labute approximate surface area is 117 Å². The Bertz CT molecular complexity index is 389. The minimum Gasteiger partial charge on any atom is -0.481 e. The molecular formula is C14H20O6. The van der Waals surface area contributed by atoms with Gasteiger partial charge >= 0.3 is 17.9 Å². The van der Waals surface area contributed by atoms with E-state index in [1.807, 2.05) is 0 Å². The average Bonchev–Trinajstić information content (AvgIpc) is 2.38. The standard InChI is InChI=1S/C14H20O6/c1-3-12(15)19-9(2)8-13(16)20-11-7-5-4-6-10(11)14(17)18/h3,9-11H,1,4-8H2,2H3,(H,17,18). The number of esters is 2. The van der Waals surface area contributed by atoms with Gasteiger partial charge in [0.05, 0.1) is 12.3 Å². The van der Waals surface area contributed by atoms with E-state index in [9.17, 15) is 14.4 Å². The van der Waals surface area contributed by atoms with Gasteiger partial charge in [0.15, 0.2) is 0 Å². The fraction of sp³-hybridized carbons (Fsp3) is 0.643. The number of aliphatic carboxylic acids is 1. The van der Waals surface area contributed by atoms with Crippen LogP contribution in [0.25, 0.3) is 0 Å². The third kappa shape index (κ3) is 5.03. The lowest BCUT2D eigenvalue weighted by Gasteiger charge is -2.28. The Morgan fingerprint density at radius 1 is 1.35 bits per heavy atom. The Morgan fingerprint density at radius 2 is 2.00 bits per heavy atom. The van der Waals surface area contributed by atoms with Crippen molar-refractivity contribution in [2.45, 2.75) is 51.2 Å². The van der Waals surface area contributed by atoms with Gasteiger partial charge in [-0.3, -0.25) is 9.59 Å². The number of carbonyl (C=O) groups excluding carboxylic acids is 2. The number of carboxylic acids is 1. The summed E-state index contributed by atoms with van der Waals surface area (Å²) in [6.45, 7) is 4.83. The fourth-order valence-corrected chi connectivity index (χ4v) is 2.26. The van der Waals surface area contributed by atoms with Crippen LogP contribution in [0.1, 0.15) is 39.0 Å². The second-order valence-electron chi connectivity index (χ2n) is 4.91. The van der Waals surface area contributed by atoms with Crippen LogP contribution in [-0.4, -0.2) is 35.2 Å². The van der Waals surface area contributed by atoms with Gasteiger partial charge in [0.2, 0.25) is 0 Å². The topological polar surface area (TPSA) is 89.9 Å². The van der Waals surface area contributed by atoms with Crippen molar-refractivity contribution < 1.29 is 29.0 Å². The highest BCUT2D eigenvalue weighted by atomic mass is 16.6. The van der Waals surface area contributed by atoms with Crippen LogP contribution in [0.5, 0.6) is 0 Å². The lowest BCUT2D eigenvalue weighted by molar-refractivity contribution is -0.163. The first-order chi connectivity index (χ1) is 9.43. The van der Waals surface area contributed by atoms with Crippen LogP contribution in [0.15, 0.2) is 12.7 Å². The van der Waals surface area contributed by atoms with E-state index in [0.29, 0.717) is 12.8 Å². The minimum absolute atomic E-state index is 0.0948. The number of hydrogen-bond acceptors (Lipinski definition) is 5. The van der Waals surface area contributed by atoms with Crippen LogP contribution >= 0.6 is 0 Å². The van der Waals surface area contributed by atoms with Crippen molar-refractivity contribution in [2.24, 2.45) is 5.92 Å². The molecule has 20 heavy (non-hydrogen) atoms. The van der Waals surface area contributed by atoms with E-state index in [0.717, 1.165) is 18.9 Å². The predicted molar refractivity (Wildman–Crippen MR) is 69.8 cm³/mol. The molecule has 0 aromatic rings. The number of ether oxygens (including phenoxy) is 2. The molecule has 0 aliphatic heterocycles. The van der Waals surface area contributed by atoms with E-state index >= 15 is 0 Å². The predicted octanol–water partition coefficient (Wildman–Crippen LogP) is 1.68. The second kappa shape index (κ2) is 7.67. The highest BCUT2D eigenvalue weighted by molar-refractivity contribution is 5.81. The molecule has 1 aliphatic rings. The molecule has 1 N–H and O–H groups in total. The summed E-state index contributed by atoms with van der Waals surface area (Å²) in [6.07, 6.45) is 2.47. The van der Waals surface area contributed by atoms with E-state index in [2.05, 4.69) is 6.58 Å². The van der Waals surface area contributed by atoms with Crippen molar-refractivity contribution in [3.05, 3.63) is 12.7 Å². The van der Waals surface area contributed by atoms with Gasteiger partial charge < -0.3 is 14.6 Å².